The number of carbonyl (C=O) groups excluding carboxylic acids is 3. The molecule has 0 aliphatic carbocycles. The zero-order valence-electron chi connectivity index (χ0n) is 22.8. The summed E-state index contributed by atoms with van der Waals surface area (Å²) in [4.78, 5) is 38.9. The molecule has 3 atom stereocenters. The largest absolute Gasteiger partial charge is 0.463 e. The number of cyclic esters (lactones) is 1. The third-order valence-corrected chi connectivity index (χ3v) is 7.65. The Morgan fingerprint density at radius 1 is 0.975 bits per heavy atom. The molecule has 3 N–H and O–H groups in total. The van der Waals surface area contributed by atoms with Crippen LogP contribution in [0.5, 0.6) is 0 Å². The lowest BCUT2D eigenvalue weighted by Gasteiger charge is -2.24. The standard InChI is InChI=1S/C31H40N2O6S/c34-16-18-38-17-15-32-29(35)20-26-13-7-8-14-27(19-24-9-3-1-4-10-24)31(37)39-21-28(33-30(26)36)23-40-22-25-11-5-2-6-12-25/h1-12,26-28,34H,13-23H2,(H,32,35)(H,33,36). The number of allylic oxidation sites excluding steroid dienone is 2. The minimum Gasteiger partial charge on any atom is -0.463 e. The molecule has 216 valence electrons. The van der Waals surface area contributed by atoms with Crippen LogP contribution in [-0.2, 0) is 36.0 Å². The number of hydrogen-bond donors (Lipinski definition) is 3. The Morgan fingerprint density at radius 3 is 2.35 bits per heavy atom. The summed E-state index contributed by atoms with van der Waals surface area (Å²) in [5.74, 6) is -0.318. The number of rotatable bonds is 13. The first-order chi connectivity index (χ1) is 19.5. The topological polar surface area (TPSA) is 114 Å². The van der Waals surface area contributed by atoms with Crippen LogP contribution in [0.4, 0.5) is 0 Å². The van der Waals surface area contributed by atoms with E-state index < -0.39 is 5.92 Å². The molecule has 40 heavy (non-hydrogen) atoms. The van der Waals surface area contributed by atoms with Gasteiger partial charge in [0.25, 0.3) is 0 Å². The number of ether oxygens (including phenoxy) is 2. The molecule has 3 rings (SSSR count). The average Bonchev–Trinajstić information content (AvgIpc) is 2.97. The molecule has 2 amide bonds. The predicted octanol–water partition coefficient (Wildman–Crippen LogP) is 3.29. The van der Waals surface area contributed by atoms with Crippen molar-refractivity contribution in [3.05, 3.63) is 83.9 Å². The second kappa shape index (κ2) is 18.3. The van der Waals surface area contributed by atoms with Crippen molar-refractivity contribution in [1.29, 1.82) is 0 Å². The van der Waals surface area contributed by atoms with E-state index in [4.69, 9.17) is 14.6 Å². The summed E-state index contributed by atoms with van der Waals surface area (Å²) in [5, 5.41) is 14.6. The third kappa shape index (κ3) is 11.9. The van der Waals surface area contributed by atoms with Crippen LogP contribution in [0.25, 0.3) is 0 Å². The molecule has 0 saturated carbocycles. The number of esters is 1. The first-order valence-electron chi connectivity index (χ1n) is 13.8. The van der Waals surface area contributed by atoms with Gasteiger partial charge in [0, 0.05) is 24.5 Å². The lowest BCUT2D eigenvalue weighted by molar-refractivity contribution is -0.149. The molecule has 0 radical (unpaired) electrons. The number of nitrogens with one attached hydrogen (secondary N) is 2. The van der Waals surface area contributed by atoms with Gasteiger partial charge in [-0.05, 0) is 30.4 Å². The van der Waals surface area contributed by atoms with Gasteiger partial charge in [0.1, 0.15) is 6.61 Å². The third-order valence-electron chi connectivity index (χ3n) is 6.48. The van der Waals surface area contributed by atoms with Gasteiger partial charge in [-0.15, -0.1) is 0 Å². The van der Waals surface area contributed by atoms with Gasteiger partial charge in [-0.2, -0.15) is 11.8 Å². The number of hydrogen-bond acceptors (Lipinski definition) is 7. The molecular weight excluding hydrogens is 528 g/mol. The SMILES string of the molecule is O=C(CC1CC=CCC(Cc2ccccc2)C(=O)OCC(CSCc2ccccc2)NC1=O)NCCOCCO. The monoisotopic (exact) mass is 568 g/mol. The normalized spacial score (nSPS) is 20.1. The van der Waals surface area contributed by atoms with Crippen LogP contribution >= 0.6 is 11.8 Å². The molecule has 0 bridgehead atoms. The van der Waals surface area contributed by atoms with Crippen molar-refractivity contribution in [2.24, 2.45) is 11.8 Å². The summed E-state index contributed by atoms with van der Waals surface area (Å²) in [7, 11) is 0. The molecule has 9 heteroatoms. The molecule has 1 aliphatic rings. The molecule has 0 saturated heterocycles. The van der Waals surface area contributed by atoms with Crippen molar-refractivity contribution in [2.45, 2.75) is 37.5 Å². The van der Waals surface area contributed by atoms with Crippen LogP contribution in [0.2, 0.25) is 0 Å². The zero-order chi connectivity index (χ0) is 28.4. The van der Waals surface area contributed by atoms with Crippen molar-refractivity contribution < 1.29 is 29.0 Å². The molecule has 0 fully saturated rings. The van der Waals surface area contributed by atoms with Crippen molar-refractivity contribution in [2.75, 3.05) is 38.7 Å². The van der Waals surface area contributed by atoms with Gasteiger partial charge in [0.2, 0.25) is 11.8 Å². The number of amides is 2. The highest BCUT2D eigenvalue weighted by atomic mass is 32.2. The van der Waals surface area contributed by atoms with E-state index in [9.17, 15) is 14.4 Å². The maximum absolute atomic E-state index is 13.3. The van der Waals surface area contributed by atoms with Gasteiger partial charge in [0.15, 0.2) is 0 Å². The van der Waals surface area contributed by atoms with Gasteiger partial charge >= 0.3 is 5.97 Å². The number of thioether (sulfide) groups is 1. The summed E-state index contributed by atoms with van der Waals surface area (Å²) >= 11 is 1.66. The van der Waals surface area contributed by atoms with Gasteiger partial charge in [-0.25, -0.2) is 0 Å². The Bertz CT molecular complexity index is 1070. The van der Waals surface area contributed by atoms with Crippen molar-refractivity contribution >= 4 is 29.5 Å². The molecule has 3 unspecified atom stereocenters. The van der Waals surface area contributed by atoms with E-state index in [0.29, 0.717) is 31.6 Å². The molecule has 2 aromatic rings. The maximum atomic E-state index is 13.3. The highest BCUT2D eigenvalue weighted by molar-refractivity contribution is 7.98. The molecule has 1 heterocycles. The average molecular weight is 569 g/mol. The first-order valence-corrected chi connectivity index (χ1v) is 14.9. The quantitative estimate of drug-likeness (QED) is 0.193. The number of benzene rings is 2. The lowest BCUT2D eigenvalue weighted by Crippen LogP contribution is -2.45. The summed E-state index contributed by atoms with van der Waals surface area (Å²) in [5.41, 5.74) is 2.24. The summed E-state index contributed by atoms with van der Waals surface area (Å²) in [6.07, 6.45) is 5.26. The first kappa shape index (κ1) is 31.4. The molecule has 8 nitrogen and oxygen atoms in total. The molecular formula is C31H40N2O6S. The molecule has 2 aromatic carbocycles. The van der Waals surface area contributed by atoms with Gasteiger partial charge in [0.05, 0.1) is 37.7 Å². The van der Waals surface area contributed by atoms with Crippen LogP contribution in [0.3, 0.4) is 0 Å². The van der Waals surface area contributed by atoms with Crippen LogP contribution in [0.1, 0.15) is 30.4 Å². The van der Waals surface area contributed by atoms with E-state index in [2.05, 4.69) is 22.8 Å². The number of carbonyl (C=O) groups is 3. The van der Waals surface area contributed by atoms with Crippen LogP contribution in [0.15, 0.2) is 72.8 Å². The maximum Gasteiger partial charge on any atom is 0.309 e. The molecule has 0 spiro atoms. The van der Waals surface area contributed by atoms with E-state index in [1.54, 1.807) is 11.8 Å². The zero-order valence-corrected chi connectivity index (χ0v) is 23.7. The van der Waals surface area contributed by atoms with E-state index in [0.717, 1.165) is 11.3 Å². The smallest absolute Gasteiger partial charge is 0.309 e. The lowest BCUT2D eigenvalue weighted by atomic mass is 9.94. The van der Waals surface area contributed by atoms with Crippen LogP contribution in [0, 0.1) is 11.8 Å². The predicted molar refractivity (Wildman–Crippen MR) is 157 cm³/mol. The number of aliphatic hydroxyl groups is 1. The van der Waals surface area contributed by atoms with E-state index >= 15 is 0 Å². The highest BCUT2D eigenvalue weighted by Crippen LogP contribution is 2.19. The minimum absolute atomic E-state index is 0.0350. The Kier molecular flexibility index (Phi) is 14.3. The summed E-state index contributed by atoms with van der Waals surface area (Å²) in [6, 6.07) is 19.5. The van der Waals surface area contributed by atoms with Gasteiger partial charge in [-0.3, -0.25) is 14.4 Å². The Labute approximate surface area is 240 Å². The minimum atomic E-state index is -0.557. The van der Waals surface area contributed by atoms with Crippen LogP contribution < -0.4 is 10.6 Å². The highest BCUT2D eigenvalue weighted by Gasteiger charge is 2.26. The van der Waals surface area contributed by atoms with E-state index in [1.807, 2.05) is 60.7 Å². The molecule has 1 aliphatic heterocycles. The Balaban J connectivity index is 1.67. The Morgan fingerprint density at radius 2 is 1.65 bits per heavy atom. The second-order valence-corrected chi connectivity index (χ2v) is 10.8. The van der Waals surface area contributed by atoms with E-state index in [1.165, 1.54) is 5.56 Å². The van der Waals surface area contributed by atoms with Crippen LogP contribution in [-0.4, -0.2) is 67.7 Å². The fourth-order valence-corrected chi connectivity index (χ4v) is 5.35. The summed E-state index contributed by atoms with van der Waals surface area (Å²) < 4.78 is 10.9. The second-order valence-electron chi connectivity index (χ2n) is 9.75. The Hall–Kier alpha value is -3.14. The summed E-state index contributed by atoms with van der Waals surface area (Å²) in [6.45, 7) is 0.805. The van der Waals surface area contributed by atoms with Gasteiger partial charge < -0.3 is 25.2 Å². The van der Waals surface area contributed by atoms with Crippen molar-refractivity contribution in [3.63, 3.8) is 0 Å². The number of aliphatic hydroxyl groups excluding tert-OH is 1. The van der Waals surface area contributed by atoms with Crippen molar-refractivity contribution in [3.8, 4) is 0 Å². The van der Waals surface area contributed by atoms with E-state index in [-0.39, 0.29) is 62.6 Å². The van der Waals surface area contributed by atoms with Crippen molar-refractivity contribution in [1.82, 2.24) is 10.6 Å². The molecule has 0 aromatic heterocycles. The fraction of sp³-hybridized carbons (Fsp3) is 0.452. The van der Waals surface area contributed by atoms with Gasteiger partial charge in [-0.1, -0.05) is 72.8 Å². The fourth-order valence-electron chi connectivity index (χ4n) is 4.34.